The van der Waals surface area contributed by atoms with Crippen LogP contribution in [0.2, 0.25) is 0 Å². The molecule has 16 nitrogen and oxygen atoms in total. The van der Waals surface area contributed by atoms with E-state index < -0.39 is 51.5 Å². The Morgan fingerprint density at radius 1 is 0.311 bits per heavy atom. The van der Waals surface area contributed by atoms with Crippen molar-refractivity contribution in [1.82, 2.24) is 0 Å². The van der Waals surface area contributed by atoms with Crippen molar-refractivity contribution in [3.63, 3.8) is 0 Å². The zero-order valence-corrected chi connectivity index (χ0v) is 86.0. The first-order chi connectivity index (χ1) is 71.3. The first kappa shape index (κ1) is 100. The van der Waals surface area contributed by atoms with Crippen molar-refractivity contribution in [1.29, 1.82) is 0 Å². The summed E-state index contributed by atoms with van der Waals surface area (Å²) in [6.07, 6.45) is 23.3. The summed E-state index contributed by atoms with van der Waals surface area (Å²) in [6, 6.07) is 114. The maximum absolute atomic E-state index is 12.1. The van der Waals surface area contributed by atoms with Gasteiger partial charge in [0.25, 0.3) is 0 Å². The minimum absolute atomic E-state index is 0.00733. The van der Waals surface area contributed by atoms with Crippen LogP contribution >= 0.6 is 0 Å². The average molecular weight is 1960 g/mol. The molecular weight excluding hydrogens is 1830 g/mol. The van der Waals surface area contributed by atoms with Gasteiger partial charge in [-0.25, -0.2) is 4.79 Å². The van der Waals surface area contributed by atoms with E-state index in [2.05, 4.69) is 439 Å². The Bertz CT molecular complexity index is 8090. The van der Waals surface area contributed by atoms with Gasteiger partial charge in [0.15, 0.2) is 30.2 Å². The molecule has 148 heavy (non-hydrogen) atoms. The highest BCUT2D eigenvalue weighted by Gasteiger charge is 2.53. The number of carboxylic acids is 5. The monoisotopic (exact) mass is 1960 g/mol. The fraction of sp³-hybridized carbons (Fsp3) is 0.227. The van der Waals surface area contributed by atoms with Crippen molar-refractivity contribution in [2.75, 3.05) is 55.0 Å². The number of allylic oxidation sites excluding steroid dienone is 12. The van der Waals surface area contributed by atoms with E-state index in [1.54, 1.807) is 12.1 Å². The van der Waals surface area contributed by atoms with E-state index in [1.807, 2.05) is 36.4 Å². The summed E-state index contributed by atoms with van der Waals surface area (Å²) >= 11 is 0. The highest BCUT2D eigenvalue weighted by molar-refractivity contribution is 6.10. The van der Waals surface area contributed by atoms with Gasteiger partial charge in [0.2, 0.25) is 17.1 Å². The fourth-order valence-corrected chi connectivity index (χ4v) is 24.9. The lowest BCUT2D eigenvalue weighted by Gasteiger charge is -2.31. The number of aromatic carboxylic acids is 1. The van der Waals surface area contributed by atoms with E-state index in [4.69, 9.17) is 0 Å². The molecule has 742 valence electrons. The van der Waals surface area contributed by atoms with E-state index in [0.29, 0.717) is 31.7 Å². The maximum Gasteiger partial charge on any atom is 0.335 e. The van der Waals surface area contributed by atoms with Crippen LogP contribution in [-0.4, -0.2) is 127 Å². The molecule has 5 N–H and O–H groups in total. The smallest absolute Gasteiger partial charge is 0.335 e. The van der Waals surface area contributed by atoms with Crippen LogP contribution in [0.3, 0.4) is 0 Å². The molecule has 5 atom stereocenters. The fourth-order valence-electron chi connectivity index (χ4n) is 24.9. The first-order valence-corrected chi connectivity index (χ1v) is 51.3. The van der Waals surface area contributed by atoms with Gasteiger partial charge >= 0.3 is 29.8 Å². The van der Waals surface area contributed by atoms with Gasteiger partial charge in [-0.3, -0.25) is 19.2 Å². The second-order valence-electron chi connectivity index (χ2n) is 42.1. The van der Waals surface area contributed by atoms with Crippen molar-refractivity contribution in [2.24, 2.45) is 0 Å². The van der Waals surface area contributed by atoms with Crippen LogP contribution in [0.25, 0.3) is 43.1 Å². The van der Waals surface area contributed by atoms with Crippen LogP contribution in [0.1, 0.15) is 157 Å². The molecular formula is C132H127N6O10+3. The predicted molar refractivity (Wildman–Crippen MR) is 600 cm³/mol. The number of aliphatic carboxylic acids is 4. The number of anilines is 3. The van der Waals surface area contributed by atoms with Gasteiger partial charge in [-0.1, -0.05) is 290 Å². The van der Waals surface area contributed by atoms with Crippen molar-refractivity contribution < 1.29 is 63.2 Å². The van der Waals surface area contributed by atoms with Crippen LogP contribution in [0, 0.1) is 13.8 Å². The molecule has 0 radical (unpaired) electrons. The standard InChI is InChI=1S/C49H44N2O4.C43H44N2O4.C40H36N2O2/c1-48(32-34-14-5-3-6-15-34)42(50(30-28-44(52)53)40-26-24-36-18-9-11-20-38(36)46(40)48)22-13-23-43-49(2,33-35-16-7-4-8-17-35)47-39-21-12-10-19-37(39)25-27-41(47)51(43)31-29-45(54)55;1-30-18-20-36-34(26-30)42(3,28-32-12-7-5-8-13-32)38(44(36)24-22-40(46)47)16-11-17-39-43(4,29-33-14-9-6-10-15-33)35-27-31(2)19-21-37(35)45(39)25-23-41(48)49;1-39(2)34(41(4)32-23-21-27-11-6-8-13-30(27)36(32)39)15-10-16-35-40(3,25-26-17-19-29(20-18-26)38(43)44)37-31-14-9-7-12-28(31)22-24-33(37)42(35)5/h3-27H,28-33H2,1-2H3,(H-,52,53,54,55);5-21,26-27H,22-25,28-29H2,1-4H3,(H-,46,47,48,49);6-24H,25H2,1-5H3/p+3. The Kier molecular flexibility index (Phi) is 27.9. The second-order valence-corrected chi connectivity index (χ2v) is 42.1. The number of nitrogens with zero attached hydrogens (tertiary/aromatic N) is 6. The number of benzene rings is 15. The molecule has 0 saturated carbocycles. The first-order valence-electron chi connectivity index (χ1n) is 51.3. The summed E-state index contributed by atoms with van der Waals surface area (Å²) in [5.74, 6) is -4.25. The molecule has 6 heterocycles. The summed E-state index contributed by atoms with van der Waals surface area (Å²) in [5, 5.41) is 58.4. The molecule has 21 rings (SSSR count). The second kappa shape index (κ2) is 41.2. The molecule has 0 fully saturated rings. The minimum Gasteiger partial charge on any atom is -0.481 e. The van der Waals surface area contributed by atoms with Crippen LogP contribution in [0.15, 0.2) is 399 Å². The topological polar surface area (TPSA) is 205 Å². The van der Waals surface area contributed by atoms with Crippen LogP contribution in [-0.2, 0) is 83.8 Å². The van der Waals surface area contributed by atoms with Gasteiger partial charge in [0.1, 0.15) is 19.9 Å². The third-order valence-corrected chi connectivity index (χ3v) is 31.7. The van der Waals surface area contributed by atoms with E-state index in [0.717, 1.165) is 116 Å². The normalized spacial score (nSPS) is 20.1. The number of carbonyl (C=O) groups is 5. The molecule has 6 aliphatic heterocycles. The Morgan fingerprint density at radius 2 is 0.655 bits per heavy atom. The van der Waals surface area contributed by atoms with Crippen molar-refractivity contribution in [2.45, 2.75) is 153 Å². The zero-order chi connectivity index (χ0) is 104. The van der Waals surface area contributed by atoms with Crippen LogP contribution < -0.4 is 14.7 Å². The summed E-state index contributed by atoms with van der Waals surface area (Å²) in [4.78, 5) is 66.1. The van der Waals surface area contributed by atoms with Crippen molar-refractivity contribution in [3.8, 4) is 0 Å². The highest BCUT2D eigenvalue weighted by atomic mass is 16.4. The minimum atomic E-state index is -0.905. The Balaban J connectivity index is 0.000000141. The van der Waals surface area contributed by atoms with E-state index >= 15 is 0 Å². The number of hydrogen-bond donors (Lipinski definition) is 5. The number of aryl methyl sites for hydroxylation is 2. The zero-order valence-electron chi connectivity index (χ0n) is 86.0. The molecule has 6 aliphatic rings. The SMILES string of the molecule is CC1(Cc2ccccc2)C(/C=C/C=C2\N(CCC(=O)O)c3ccc4ccccc4c3C2(C)Cc2ccccc2)=[N+](CCC(=O)O)c2ccc3ccccc3c21.CN1C(=CC=CC2=[N+](C)c3ccc4ccccc4c3C2(C)C)C(C)(Cc2ccc(C(=O)O)cc2)c2c1ccc1ccccc21.Cc1ccc2c(c1)C(C)(Cc1ccccc1)C(/C=C/C=C1\N(CCC(=O)O)c3ccc(C)cc3C1(C)Cc1ccccc1)=[N+]2CCC(=O)O. The number of carboxylic acid groups (broad SMARTS) is 5. The van der Waals surface area contributed by atoms with Crippen molar-refractivity contribution >= 4 is 124 Å². The highest BCUT2D eigenvalue weighted by Crippen LogP contribution is 2.57. The Labute approximate surface area is 866 Å². The van der Waals surface area contributed by atoms with Gasteiger partial charge in [-0.05, 0) is 249 Å². The summed E-state index contributed by atoms with van der Waals surface area (Å²) < 4.78 is 6.72. The average Bonchev–Trinajstić information content (AvgIpc) is 1.56. The number of fused-ring (bicyclic) bond motifs is 14. The molecule has 15 aromatic carbocycles. The lowest BCUT2D eigenvalue weighted by molar-refractivity contribution is -0.437. The molecule has 0 aromatic heterocycles. The molecule has 15 aromatic rings. The summed E-state index contributed by atoms with van der Waals surface area (Å²) in [6.45, 7) is 21.6. The van der Waals surface area contributed by atoms with Crippen LogP contribution in [0.5, 0.6) is 0 Å². The molecule has 0 spiro atoms. The molecule has 0 amide bonds. The number of rotatable bonds is 29. The molecule has 16 heteroatoms. The van der Waals surface area contributed by atoms with Gasteiger partial charge in [0.05, 0.1) is 34.7 Å². The van der Waals surface area contributed by atoms with Gasteiger partial charge < -0.3 is 40.2 Å². The number of hydrogen-bond acceptors (Lipinski definition) is 8. The third kappa shape index (κ3) is 19.1. The lowest BCUT2D eigenvalue weighted by atomic mass is 9.73. The van der Waals surface area contributed by atoms with Gasteiger partial charge in [-0.2, -0.15) is 13.7 Å². The van der Waals surface area contributed by atoms with Gasteiger partial charge in [0, 0.05) is 124 Å². The maximum atomic E-state index is 12.1. The van der Waals surface area contributed by atoms with Gasteiger partial charge in [-0.15, -0.1) is 0 Å². The quantitative estimate of drug-likeness (QED) is 0.0277. The van der Waals surface area contributed by atoms with Crippen LogP contribution in [0.4, 0.5) is 34.1 Å². The molecule has 0 bridgehead atoms. The summed E-state index contributed by atoms with van der Waals surface area (Å²) in [7, 11) is 4.33. The summed E-state index contributed by atoms with van der Waals surface area (Å²) in [5.41, 5.74) is 26.9. The van der Waals surface area contributed by atoms with E-state index in [9.17, 15) is 49.5 Å². The molecule has 0 aliphatic carbocycles. The Morgan fingerprint density at radius 3 is 1.14 bits per heavy atom. The third-order valence-electron chi connectivity index (χ3n) is 31.7. The largest absolute Gasteiger partial charge is 0.481 e. The lowest BCUT2D eigenvalue weighted by Crippen LogP contribution is -2.34. The molecule has 5 unspecified atom stereocenters. The molecule has 0 saturated heterocycles. The van der Waals surface area contributed by atoms with Crippen molar-refractivity contribution in [3.05, 3.63) is 477 Å². The van der Waals surface area contributed by atoms with E-state index in [-0.39, 0.29) is 36.5 Å². The predicted octanol–water partition coefficient (Wildman–Crippen LogP) is 27.1. The van der Waals surface area contributed by atoms with E-state index in [1.165, 1.54) is 100.0 Å². The Hall–Kier alpha value is -16.5. The number of likely N-dealkylation sites (N-methyl/N-ethyl adjacent to an activating group) is 1.